The second-order valence-electron chi connectivity index (χ2n) is 4.84. The van der Waals surface area contributed by atoms with E-state index in [1.807, 2.05) is 45.2 Å². The van der Waals surface area contributed by atoms with E-state index in [2.05, 4.69) is 0 Å². The number of rotatable bonds is 4. The van der Waals surface area contributed by atoms with E-state index in [0.29, 0.717) is 9.65 Å². The van der Waals surface area contributed by atoms with Crippen molar-refractivity contribution in [1.29, 1.82) is 0 Å². The summed E-state index contributed by atoms with van der Waals surface area (Å²) >= 11 is 3.97. The van der Waals surface area contributed by atoms with Gasteiger partial charge in [-0.15, -0.1) is 0 Å². The van der Waals surface area contributed by atoms with E-state index in [-0.39, 0.29) is 16.9 Å². The highest BCUT2D eigenvalue weighted by Crippen LogP contribution is 2.14. The summed E-state index contributed by atoms with van der Waals surface area (Å²) in [4.78, 5) is 32.3. The average molecular weight is 584 g/mol. The van der Waals surface area contributed by atoms with Gasteiger partial charge in [0.25, 0.3) is 0 Å². The van der Waals surface area contributed by atoms with Crippen LogP contribution in [0.25, 0.3) is 0 Å². The topological polar surface area (TPSA) is 71.4 Å². The lowest BCUT2D eigenvalue weighted by Gasteiger charge is -1.98. The lowest BCUT2D eigenvalue weighted by atomic mass is 10.1. The van der Waals surface area contributed by atoms with Gasteiger partial charge < -0.3 is 5.11 Å². The monoisotopic (exact) mass is 584 g/mol. The Morgan fingerprint density at radius 2 is 1.35 bits per heavy atom. The molecule has 136 valence electrons. The van der Waals surface area contributed by atoms with Crippen LogP contribution in [0.4, 0.5) is 8.78 Å². The number of Topliss-reactive ketones (excluding diaryl/α,β-unsaturated/α-hetero) is 1. The molecular weight excluding hydrogens is 572 g/mol. The molecule has 0 fully saturated rings. The maximum atomic E-state index is 13.1. The maximum Gasteiger partial charge on any atom is 0.328 e. The van der Waals surface area contributed by atoms with Crippen molar-refractivity contribution in [2.75, 3.05) is 0 Å². The number of halogens is 4. The molecule has 0 aliphatic rings. The summed E-state index contributed by atoms with van der Waals surface area (Å²) in [5.41, 5.74) is 0.0382. The third-order valence-electron chi connectivity index (χ3n) is 2.88. The minimum atomic E-state index is -1.24. The van der Waals surface area contributed by atoms with Crippen LogP contribution in [-0.4, -0.2) is 22.6 Å². The van der Waals surface area contributed by atoms with Crippen LogP contribution in [0.1, 0.15) is 27.6 Å². The number of hydrogen-bond donors (Lipinski definition) is 1. The second kappa shape index (κ2) is 10.5. The summed E-state index contributed by atoms with van der Waals surface area (Å²) < 4.78 is 27.5. The summed E-state index contributed by atoms with van der Waals surface area (Å²) in [5.74, 6) is -3.24. The molecule has 4 nitrogen and oxygen atoms in total. The fourth-order valence-corrected chi connectivity index (χ4v) is 2.67. The molecule has 0 unspecified atom stereocenters. The van der Waals surface area contributed by atoms with Gasteiger partial charge in [-0.25, -0.2) is 13.6 Å². The first-order valence-electron chi connectivity index (χ1n) is 6.98. The average Bonchev–Trinajstić information content (AvgIpc) is 2.57. The summed E-state index contributed by atoms with van der Waals surface area (Å²) in [6.45, 7) is 1.36. The molecule has 0 aromatic heterocycles. The molecule has 0 spiro atoms. The van der Waals surface area contributed by atoms with Crippen molar-refractivity contribution in [2.45, 2.75) is 6.92 Å². The number of allylic oxidation sites excluding steroid dienone is 1. The third-order valence-corrected chi connectivity index (χ3v) is 4.22. The van der Waals surface area contributed by atoms with Crippen molar-refractivity contribution < 1.29 is 28.3 Å². The smallest absolute Gasteiger partial charge is 0.328 e. The minimum absolute atomic E-state index is 0.126. The molecule has 0 amide bonds. The molecule has 0 radical (unpaired) electrons. The summed E-state index contributed by atoms with van der Waals surface area (Å²) in [6, 6.07) is 8.53. The van der Waals surface area contributed by atoms with Gasteiger partial charge in [0.2, 0.25) is 0 Å². The highest BCUT2D eigenvalue weighted by Gasteiger charge is 2.09. The van der Waals surface area contributed by atoms with Crippen LogP contribution in [-0.2, 0) is 4.79 Å². The van der Waals surface area contributed by atoms with Crippen LogP contribution in [0.5, 0.6) is 0 Å². The van der Waals surface area contributed by atoms with Crippen molar-refractivity contribution >= 4 is 62.7 Å². The molecule has 2 aromatic rings. The molecule has 2 rings (SSSR count). The SMILES string of the molecule is CC(=O)c1cc(I)ccc1F.O=C(O)/C=C/C(=O)c1cc(I)ccc1F. The molecule has 0 heterocycles. The number of carboxylic acid groups (broad SMARTS) is 1. The Bertz CT molecular complexity index is 879. The van der Waals surface area contributed by atoms with Crippen molar-refractivity contribution in [3.8, 4) is 0 Å². The second-order valence-corrected chi connectivity index (χ2v) is 7.33. The lowest BCUT2D eigenvalue weighted by Crippen LogP contribution is -2.00. The molecule has 0 saturated heterocycles. The Labute approximate surface area is 175 Å². The third kappa shape index (κ3) is 7.28. The van der Waals surface area contributed by atoms with Crippen molar-refractivity contribution in [3.63, 3.8) is 0 Å². The van der Waals surface area contributed by atoms with Crippen LogP contribution >= 0.6 is 45.2 Å². The van der Waals surface area contributed by atoms with Crippen molar-refractivity contribution in [3.05, 3.63) is 78.5 Å². The van der Waals surface area contributed by atoms with E-state index < -0.39 is 23.4 Å². The lowest BCUT2D eigenvalue weighted by molar-refractivity contribution is -0.131. The zero-order valence-electron chi connectivity index (χ0n) is 13.3. The molecule has 0 atom stereocenters. The normalized spacial score (nSPS) is 10.2. The van der Waals surface area contributed by atoms with E-state index in [1.165, 1.54) is 37.3 Å². The molecule has 2 aromatic carbocycles. The highest BCUT2D eigenvalue weighted by atomic mass is 127. The van der Waals surface area contributed by atoms with Crippen molar-refractivity contribution in [2.24, 2.45) is 0 Å². The molecule has 26 heavy (non-hydrogen) atoms. The van der Waals surface area contributed by atoms with Crippen molar-refractivity contribution in [1.82, 2.24) is 0 Å². The summed E-state index contributed by atoms with van der Waals surface area (Å²) in [6.07, 6.45) is 1.51. The fourth-order valence-electron chi connectivity index (χ4n) is 1.69. The Balaban J connectivity index is 0.000000273. The van der Waals surface area contributed by atoms with Crippen LogP contribution in [0.2, 0.25) is 0 Å². The number of carbonyl (C=O) groups excluding carboxylic acids is 2. The number of ketones is 2. The highest BCUT2D eigenvalue weighted by molar-refractivity contribution is 14.1. The predicted octanol–water partition coefficient (Wildman–Crippen LogP) is 4.89. The van der Waals surface area contributed by atoms with Gasteiger partial charge in [-0.3, -0.25) is 9.59 Å². The maximum absolute atomic E-state index is 13.1. The first-order chi connectivity index (χ1) is 12.1. The quantitative estimate of drug-likeness (QED) is 0.316. The van der Waals surface area contributed by atoms with Gasteiger partial charge in [0, 0.05) is 13.2 Å². The largest absolute Gasteiger partial charge is 0.478 e. The molecule has 0 bridgehead atoms. The molecule has 8 heteroatoms. The Kier molecular flexibility index (Phi) is 8.99. The summed E-state index contributed by atoms with van der Waals surface area (Å²) in [5, 5.41) is 8.30. The van der Waals surface area contributed by atoms with E-state index in [0.717, 1.165) is 9.65 Å². The van der Waals surface area contributed by atoms with Gasteiger partial charge in [-0.1, -0.05) is 0 Å². The Hall–Kier alpha value is -1.69. The number of aliphatic carboxylic acids is 1. The standard InChI is InChI=1S/C10H6FIO3.C8H6FIO/c11-8-2-1-6(12)5-7(8)9(13)3-4-10(14)15;1-5(11)7-4-6(10)2-3-8(7)9/h1-5H,(H,14,15);2-4H,1H3/b4-3+;. The number of carboxylic acids is 1. The van der Waals surface area contributed by atoms with Crippen LogP contribution in [0.3, 0.4) is 0 Å². The van der Waals surface area contributed by atoms with Gasteiger partial charge in [0.15, 0.2) is 11.6 Å². The first-order valence-corrected chi connectivity index (χ1v) is 9.14. The zero-order valence-corrected chi connectivity index (χ0v) is 17.6. The minimum Gasteiger partial charge on any atom is -0.478 e. The van der Waals surface area contributed by atoms with E-state index in [1.54, 1.807) is 6.07 Å². The molecular formula is C18H12F2I2O4. The van der Waals surface area contributed by atoms with E-state index in [4.69, 9.17) is 5.11 Å². The van der Waals surface area contributed by atoms with Crippen LogP contribution < -0.4 is 0 Å². The summed E-state index contributed by atoms with van der Waals surface area (Å²) in [7, 11) is 0. The Morgan fingerprint density at radius 3 is 1.77 bits per heavy atom. The molecule has 0 aliphatic carbocycles. The Morgan fingerprint density at radius 1 is 0.885 bits per heavy atom. The van der Waals surface area contributed by atoms with Gasteiger partial charge in [-0.2, -0.15) is 0 Å². The first kappa shape index (κ1) is 22.4. The van der Waals surface area contributed by atoms with Gasteiger partial charge in [-0.05, 0) is 94.6 Å². The predicted molar refractivity (Wildman–Crippen MR) is 109 cm³/mol. The van der Waals surface area contributed by atoms with Gasteiger partial charge in [0.05, 0.1) is 11.1 Å². The fraction of sp³-hybridized carbons (Fsp3) is 0.0556. The van der Waals surface area contributed by atoms with Gasteiger partial charge in [0.1, 0.15) is 11.6 Å². The van der Waals surface area contributed by atoms with Crippen LogP contribution in [0.15, 0.2) is 48.6 Å². The van der Waals surface area contributed by atoms with Crippen LogP contribution in [0, 0.1) is 18.8 Å². The molecule has 0 aliphatic heterocycles. The van der Waals surface area contributed by atoms with E-state index >= 15 is 0 Å². The molecule has 1 N–H and O–H groups in total. The van der Waals surface area contributed by atoms with E-state index in [9.17, 15) is 23.2 Å². The zero-order chi connectivity index (χ0) is 19.9. The number of benzene rings is 2. The molecule has 0 saturated carbocycles. The number of carbonyl (C=O) groups is 3. The van der Waals surface area contributed by atoms with Gasteiger partial charge >= 0.3 is 5.97 Å². The number of hydrogen-bond acceptors (Lipinski definition) is 3.